The lowest BCUT2D eigenvalue weighted by Gasteiger charge is -2.11. The van der Waals surface area contributed by atoms with Gasteiger partial charge in [-0.05, 0) is 42.3 Å². The van der Waals surface area contributed by atoms with Crippen molar-refractivity contribution in [3.8, 4) is 0 Å². The zero-order valence-corrected chi connectivity index (χ0v) is 11.8. The lowest BCUT2D eigenvalue weighted by atomic mass is 10.1. The molecule has 6 nitrogen and oxygen atoms in total. The molecule has 1 aromatic heterocycles. The molecule has 2 rings (SSSR count). The molecule has 106 valence electrons. The second-order valence-corrected chi connectivity index (χ2v) is 6.01. The van der Waals surface area contributed by atoms with Crippen LogP contribution in [0, 0.1) is 6.92 Å². The Labute approximate surface area is 117 Å². The van der Waals surface area contributed by atoms with Gasteiger partial charge >= 0.3 is 0 Å². The Balaban J connectivity index is 2.17. The zero-order chi connectivity index (χ0) is 14.8. The van der Waals surface area contributed by atoms with Crippen LogP contribution in [0.25, 0.3) is 0 Å². The SMILES string of the molecule is Cc1cnccc1CNc1ccc(S(N)(=O)=O)cc1N. The average molecular weight is 292 g/mol. The van der Waals surface area contributed by atoms with Gasteiger partial charge < -0.3 is 11.1 Å². The Hall–Kier alpha value is -2.12. The van der Waals surface area contributed by atoms with Crippen LogP contribution in [0.3, 0.4) is 0 Å². The van der Waals surface area contributed by atoms with Crippen molar-refractivity contribution in [2.24, 2.45) is 5.14 Å². The standard InChI is InChI=1S/C13H16N4O2S/c1-9-7-16-5-4-10(9)8-17-13-3-2-11(6-12(13)14)20(15,18)19/h2-7,17H,8,14H2,1H3,(H2,15,18,19). The van der Waals surface area contributed by atoms with Crippen molar-refractivity contribution in [1.82, 2.24) is 4.98 Å². The largest absolute Gasteiger partial charge is 0.397 e. The molecular formula is C13H16N4O2S. The van der Waals surface area contributed by atoms with E-state index in [1.54, 1.807) is 18.5 Å². The predicted molar refractivity (Wildman–Crippen MR) is 78.5 cm³/mol. The highest BCUT2D eigenvalue weighted by Gasteiger charge is 2.10. The fourth-order valence-electron chi connectivity index (χ4n) is 1.77. The van der Waals surface area contributed by atoms with Crippen molar-refractivity contribution >= 4 is 21.4 Å². The van der Waals surface area contributed by atoms with E-state index in [0.717, 1.165) is 11.1 Å². The number of primary sulfonamides is 1. The van der Waals surface area contributed by atoms with Gasteiger partial charge in [0.05, 0.1) is 16.3 Å². The Kier molecular flexibility index (Phi) is 3.91. The molecule has 0 amide bonds. The maximum Gasteiger partial charge on any atom is 0.238 e. The molecule has 2 aromatic rings. The van der Waals surface area contributed by atoms with Crippen LogP contribution in [-0.4, -0.2) is 13.4 Å². The number of nitrogens with two attached hydrogens (primary N) is 2. The second kappa shape index (κ2) is 5.48. The van der Waals surface area contributed by atoms with Crippen molar-refractivity contribution in [3.05, 3.63) is 47.8 Å². The zero-order valence-electron chi connectivity index (χ0n) is 11.0. The Morgan fingerprint density at radius 2 is 2.05 bits per heavy atom. The summed E-state index contributed by atoms with van der Waals surface area (Å²) in [6.45, 7) is 2.55. The number of pyridine rings is 1. The van der Waals surface area contributed by atoms with E-state index in [-0.39, 0.29) is 4.90 Å². The van der Waals surface area contributed by atoms with Crippen LogP contribution >= 0.6 is 0 Å². The summed E-state index contributed by atoms with van der Waals surface area (Å²) < 4.78 is 22.4. The maximum atomic E-state index is 11.2. The fraction of sp³-hybridized carbons (Fsp3) is 0.154. The van der Waals surface area contributed by atoms with Crippen molar-refractivity contribution in [2.45, 2.75) is 18.4 Å². The average Bonchev–Trinajstić information content (AvgIpc) is 2.38. The highest BCUT2D eigenvalue weighted by molar-refractivity contribution is 7.89. The molecule has 0 aliphatic carbocycles. The third-order valence-electron chi connectivity index (χ3n) is 2.96. The molecule has 0 radical (unpaired) electrons. The Morgan fingerprint density at radius 3 is 2.65 bits per heavy atom. The van der Waals surface area contributed by atoms with E-state index in [4.69, 9.17) is 10.9 Å². The van der Waals surface area contributed by atoms with Gasteiger partial charge in [-0.1, -0.05) is 0 Å². The van der Waals surface area contributed by atoms with Crippen LogP contribution in [0.4, 0.5) is 11.4 Å². The number of nitrogens with one attached hydrogen (secondary N) is 1. The molecule has 0 saturated heterocycles. The van der Waals surface area contributed by atoms with E-state index in [1.807, 2.05) is 13.0 Å². The molecule has 1 heterocycles. The normalized spacial score (nSPS) is 11.3. The number of hydrogen-bond acceptors (Lipinski definition) is 5. The van der Waals surface area contributed by atoms with E-state index in [2.05, 4.69) is 10.3 Å². The summed E-state index contributed by atoms with van der Waals surface area (Å²) in [5.74, 6) is 0. The smallest absolute Gasteiger partial charge is 0.238 e. The summed E-state index contributed by atoms with van der Waals surface area (Å²) in [5.41, 5.74) is 8.98. The third kappa shape index (κ3) is 3.25. The van der Waals surface area contributed by atoms with Crippen molar-refractivity contribution < 1.29 is 8.42 Å². The highest BCUT2D eigenvalue weighted by Crippen LogP contribution is 2.22. The minimum absolute atomic E-state index is 0.000594. The van der Waals surface area contributed by atoms with E-state index >= 15 is 0 Å². The number of anilines is 2. The van der Waals surface area contributed by atoms with Gasteiger partial charge in [0.1, 0.15) is 0 Å². The summed E-state index contributed by atoms with van der Waals surface area (Å²) in [4.78, 5) is 4.02. The Bertz CT molecular complexity index is 729. The molecule has 0 spiro atoms. The number of rotatable bonds is 4. The minimum Gasteiger partial charge on any atom is -0.397 e. The second-order valence-electron chi connectivity index (χ2n) is 4.45. The van der Waals surface area contributed by atoms with Crippen LogP contribution in [0.15, 0.2) is 41.6 Å². The number of sulfonamides is 1. The van der Waals surface area contributed by atoms with Gasteiger partial charge in [0, 0.05) is 18.9 Å². The van der Waals surface area contributed by atoms with Gasteiger partial charge in [-0.2, -0.15) is 0 Å². The lowest BCUT2D eigenvalue weighted by Crippen LogP contribution is -2.13. The van der Waals surface area contributed by atoms with E-state index < -0.39 is 10.0 Å². The summed E-state index contributed by atoms with van der Waals surface area (Å²) in [6.07, 6.45) is 3.50. The first-order chi connectivity index (χ1) is 9.38. The number of nitrogen functional groups attached to an aromatic ring is 1. The number of hydrogen-bond donors (Lipinski definition) is 3. The topological polar surface area (TPSA) is 111 Å². The van der Waals surface area contributed by atoms with Gasteiger partial charge in [0.2, 0.25) is 10.0 Å². The molecule has 0 atom stereocenters. The molecule has 0 aliphatic rings. The number of aryl methyl sites for hydroxylation is 1. The van der Waals surface area contributed by atoms with Gasteiger partial charge in [0.25, 0.3) is 0 Å². The maximum absolute atomic E-state index is 11.2. The molecule has 5 N–H and O–H groups in total. The van der Waals surface area contributed by atoms with Crippen LogP contribution in [-0.2, 0) is 16.6 Å². The summed E-state index contributed by atoms with van der Waals surface area (Å²) in [7, 11) is -3.73. The van der Waals surface area contributed by atoms with Gasteiger partial charge in [-0.3, -0.25) is 4.98 Å². The van der Waals surface area contributed by atoms with Gasteiger partial charge in [-0.25, -0.2) is 13.6 Å². The van der Waals surface area contributed by atoms with Crippen molar-refractivity contribution in [2.75, 3.05) is 11.1 Å². The third-order valence-corrected chi connectivity index (χ3v) is 3.87. The molecular weight excluding hydrogens is 276 g/mol. The van der Waals surface area contributed by atoms with Crippen LogP contribution < -0.4 is 16.2 Å². The van der Waals surface area contributed by atoms with Gasteiger partial charge in [0.15, 0.2) is 0 Å². The van der Waals surface area contributed by atoms with E-state index in [0.29, 0.717) is 17.9 Å². The molecule has 7 heteroatoms. The number of aromatic nitrogens is 1. The first-order valence-corrected chi connectivity index (χ1v) is 7.48. The van der Waals surface area contributed by atoms with E-state index in [9.17, 15) is 8.42 Å². The molecule has 1 aromatic carbocycles. The summed E-state index contributed by atoms with van der Waals surface area (Å²) in [5, 5.41) is 8.21. The molecule has 20 heavy (non-hydrogen) atoms. The Morgan fingerprint density at radius 1 is 1.30 bits per heavy atom. The molecule has 0 fully saturated rings. The van der Waals surface area contributed by atoms with Crippen LogP contribution in [0.5, 0.6) is 0 Å². The monoisotopic (exact) mass is 292 g/mol. The van der Waals surface area contributed by atoms with Crippen molar-refractivity contribution in [1.29, 1.82) is 0 Å². The lowest BCUT2D eigenvalue weighted by molar-refractivity contribution is 0.598. The van der Waals surface area contributed by atoms with Gasteiger partial charge in [-0.15, -0.1) is 0 Å². The minimum atomic E-state index is -3.73. The number of benzene rings is 1. The quantitative estimate of drug-likeness (QED) is 0.734. The van der Waals surface area contributed by atoms with Crippen molar-refractivity contribution in [3.63, 3.8) is 0 Å². The summed E-state index contributed by atoms with van der Waals surface area (Å²) in [6, 6.07) is 6.29. The summed E-state index contributed by atoms with van der Waals surface area (Å²) >= 11 is 0. The molecule has 0 aliphatic heterocycles. The first-order valence-electron chi connectivity index (χ1n) is 5.93. The number of nitrogens with zero attached hydrogens (tertiary/aromatic N) is 1. The van der Waals surface area contributed by atoms with Crippen LogP contribution in [0.2, 0.25) is 0 Å². The fourth-order valence-corrected chi connectivity index (χ4v) is 2.32. The van der Waals surface area contributed by atoms with E-state index in [1.165, 1.54) is 12.1 Å². The highest BCUT2D eigenvalue weighted by atomic mass is 32.2. The molecule has 0 saturated carbocycles. The molecule has 0 bridgehead atoms. The molecule has 0 unspecified atom stereocenters. The first kappa shape index (κ1) is 14.3. The van der Waals surface area contributed by atoms with Crippen LogP contribution in [0.1, 0.15) is 11.1 Å². The predicted octanol–water partition coefficient (Wildman–Crippen LogP) is 1.23.